The number of carbonyl (C=O) groups excluding carboxylic acids is 1. The fourth-order valence-corrected chi connectivity index (χ4v) is 2.37. The van der Waals surface area contributed by atoms with Gasteiger partial charge in [-0.2, -0.15) is 5.10 Å². The van der Waals surface area contributed by atoms with Gasteiger partial charge in [-0.05, 0) is 31.5 Å². The molecule has 1 atom stereocenters. The summed E-state index contributed by atoms with van der Waals surface area (Å²) in [5.41, 5.74) is 7.18. The molecule has 1 unspecified atom stereocenters. The molecule has 4 N–H and O–H groups in total. The Hall–Kier alpha value is -1.08. The number of nitrogens with zero attached hydrogens (tertiary/aromatic N) is 1. The van der Waals surface area contributed by atoms with Crippen molar-refractivity contribution in [1.29, 1.82) is 0 Å². The number of hydrogen-bond acceptors (Lipinski definition) is 3. The summed E-state index contributed by atoms with van der Waals surface area (Å²) in [6.45, 7) is 1.87. The van der Waals surface area contributed by atoms with Gasteiger partial charge in [0.1, 0.15) is 0 Å². The van der Waals surface area contributed by atoms with Gasteiger partial charge in [0.2, 0.25) is 5.91 Å². The second-order valence-corrected chi connectivity index (χ2v) is 6.18. The average Bonchev–Trinajstić information content (AvgIpc) is 2.87. The fourth-order valence-electron chi connectivity index (χ4n) is 1.79. The molecular formula is C14H17BrCl2N4O. The molecule has 1 aromatic carbocycles. The Morgan fingerprint density at radius 1 is 1.50 bits per heavy atom. The lowest BCUT2D eigenvalue weighted by Crippen LogP contribution is -2.19. The van der Waals surface area contributed by atoms with E-state index >= 15 is 0 Å². The van der Waals surface area contributed by atoms with E-state index in [1.54, 1.807) is 12.1 Å². The van der Waals surface area contributed by atoms with Gasteiger partial charge in [-0.1, -0.05) is 27.5 Å². The van der Waals surface area contributed by atoms with Gasteiger partial charge in [0.25, 0.3) is 0 Å². The molecule has 120 valence electrons. The quantitative estimate of drug-likeness (QED) is 0.700. The van der Waals surface area contributed by atoms with Crippen LogP contribution in [-0.2, 0) is 4.79 Å². The molecule has 0 spiro atoms. The number of H-pyrrole nitrogens is 1. The Kier molecular flexibility index (Phi) is 7.35. The lowest BCUT2D eigenvalue weighted by Gasteiger charge is -2.04. The van der Waals surface area contributed by atoms with Gasteiger partial charge in [-0.3, -0.25) is 9.89 Å². The summed E-state index contributed by atoms with van der Waals surface area (Å²) in [5.74, 6) is 0.362. The minimum Gasteiger partial charge on any atom is -0.328 e. The number of carbonyl (C=O) groups is 1. The highest BCUT2D eigenvalue weighted by Gasteiger charge is 2.10. The van der Waals surface area contributed by atoms with Crippen molar-refractivity contribution in [3.63, 3.8) is 0 Å². The highest BCUT2D eigenvalue weighted by atomic mass is 79.9. The smallest absolute Gasteiger partial charge is 0.225 e. The normalized spacial score (nSPS) is 11.6. The van der Waals surface area contributed by atoms with Crippen LogP contribution in [0.3, 0.4) is 0 Å². The van der Waals surface area contributed by atoms with Crippen LogP contribution >= 0.6 is 39.9 Å². The molecule has 0 aliphatic heterocycles. The lowest BCUT2D eigenvalue weighted by molar-refractivity contribution is -0.116. The van der Waals surface area contributed by atoms with Crippen LogP contribution < -0.4 is 11.1 Å². The van der Waals surface area contributed by atoms with Crippen molar-refractivity contribution in [2.45, 2.75) is 25.8 Å². The van der Waals surface area contributed by atoms with Crippen LogP contribution in [0.15, 0.2) is 28.7 Å². The SMILES string of the molecule is CC(N)CCC(=O)Nc1cc(-c2cc(Br)ccc2Cl)[nH]n1.Cl. The molecule has 0 saturated heterocycles. The van der Waals surface area contributed by atoms with Gasteiger partial charge >= 0.3 is 0 Å². The zero-order chi connectivity index (χ0) is 15.4. The van der Waals surface area contributed by atoms with Crippen molar-refractivity contribution in [2.24, 2.45) is 5.73 Å². The molecule has 0 fully saturated rings. The maximum atomic E-state index is 11.7. The second-order valence-electron chi connectivity index (χ2n) is 4.86. The monoisotopic (exact) mass is 406 g/mol. The van der Waals surface area contributed by atoms with E-state index in [-0.39, 0.29) is 24.4 Å². The van der Waals surface area contributed by atoms with Crippen LogP contribution in [0.5, 0.6) is 0 Å². The van der Waals surface area contributed by atoms with E-state index in [2.05, 4.69) is 31.4 Å². The summed E-state index contributed by atoms with van der Waals surface area (Å²) >= 11 is 9.56. The molecule has 2 rings (SSSR count). The maximum absolute atomic E-state index is 11.7. The molecular weight excluding hydrogens is 391 g/mol. The fraction of sp³-hybridized carbons (Fsp3) is 0.286. The molecule has 5 nitrogen and oxygen atoms in total. The summed E-state index contributed by atoms with van der Waals surface area (Å²) in [6.07, 6.45) is 1.01. The number of aromatic nitrogens is 2. The van der Waals surface area contributed by atoms with Crippen molar-refractivity contribution < 1.29 is 4.79 Å². The van der Waals surface area contributed by atoms with Crippen molar-refractivity contribution in [2.75, 3.05) is 5.32 Å². The minimum absolute atomic E-state index is 0. The van der Waals surface area contributed by atoms with E-state index in [0.717, 1.165) is 15.7 Å². The molecule has 2 aromatic rings. The Bertz CT molecular complexity index is 646. The number of amides is 1. The Morgan fingerprint density at radius 3 is 2.91 bits per heavy atom. The van der Waals surface area contributed by atoms with E-state index in [0.29, 0.717) is 23.7 Å². The maximum Gasteiger partial charge on any atom is 0.225 e. The summed E-state index contributed by atoms with van der Waals surface area (Å²) in [7, 11) is 0. The molecule has 22 heavy (non-hydrogen) atoms. The van der Waals surface area contributed by atoms with Gasteiger partial charge in [0.05, 0.1) is 10.7 Å². The summed E-state index contributed by atoms with van der Waals surface area (Å²) in [5, 5.41) is 10.3. The largest absolute Gasteiger partial charge is 0.328 e. The first-order valence-electron chi connectivity index (χ1n) is 6.52. The topological polar surface area (TPSA) is 83.8 Å². The van der Waals surface area contributed by atoms with Crippen LogP contribution in [0.25, 0.3) is 11.3 Å². The van der Waals surface area contributed by atoms with Crippen LogP contribution in [-0.4, -0.2) is 22.1 Å². The van der Waals surface area contributed by atoms with Crippen molar-refractivity contribution in [3.8, 4) is 11.3 Å². The number of rotatable bonds is 5. The zero-order valence-electron chi connectivity index (χ0n) is 11.9. The third-order valence-electron chi connectivity index (χ3n) is 2.89. The van der Waals surface area contributed by atoms with E-state index in [9.17, 15) is 4.79 Å². The van der Waals surface area contributed by atoms with E-state index < -0.39 is 0 Å². The summed E-state index contributed by atoms with van der Waals surface area (Å²) in [6, 6.07) is 7.29. The van der Waals surface area contributed by atoms with Gasteiger partial charge in [0.15, 0.2) is 5.82 Å². The standard InChI is InChI=1S/C14H16BrClN4O.ClH/c1-8(17)2-5-14(21)18-13-7-12(19-20-13)10-6-9(15)3-4-11(10)16;/h3-4,6-8H,2,5,17H2,1H3,(H2,18,19,20,21);1H. The molecule has 0 aliphatic rings. The predicted octanol–water partition coefficient (Wildman–Crippen LogP) is 3.98. The van der Waals surface area contributed by atoms with Crippen LogP contribution in [0.1, 0.15) is 19.8 Å². The van der Waals surface area contributed by atoms with Crippen LogP contribution in [0, 0.1) is 0 Å². The number of nitrogens with two attached hydrogens (primary N) is 1. The zero-order valence-corrected chi connectivity index (χ0v) is 15.1. The number of aromatic amines is 1. The first-order chi connectivity index (χ1) is 9.95. The lowest BCUT2D eigenvalue weighted by atomic mass is 10.1. The molecule has 1 amide bonds. The third-order valence-corrected chi connectivity index (χ3v) is 3.71. The summed E-state index contributed by atoms with van der Waals surface area (Å²) < 4.78 is 0.916. The number of nitrogens with one attached hydrogen (secondary N) is 2. The second kappa shape index (κ2) is 8.53. The van der Waals surface area contributed by atoms with Gasteiger partial charge in [-0.15, -0.1) is 12.4 Å². The van der Waals surface area contributed by atoms with Crippen LogP contribution in [0.2, 0.25) is 5.02 Å². The highest BCUT2D eigenvalue weighted by Crippen LogP contribution is 2.30. The number of hydrogen-bond donors (Lipinski definition) is 3. The van der Waals surface area contributed by atoms with E-state index in [1.807, 2.05) is 19.1 Å². The Labute approximate surface area is 148 Å². The summed E-state index contributed by atoms with van der Waals surface area (Å²) in [4.78, 5) is 11.7. The number of anilines is 1. The Morgan fingerprint density at radius 2 is 2.23 bits per heavy atom. The molecule has 0 saturated carbocycles. The molecule has 8 heteroatoms. The molecule has 0 aliphatic carbocycles. The first-order valence-corrected chi connectivity index (χ1v) is 7.69. The molecule has 0 radical (unpaired) electrons. The van der Waals surface area contributed by atoms with Crippen molar-refractivity contribution in [3.05, 3.63) is 33.8 Å². The van der Waals surface area contributed by atoms with E-state index in [4.69, 9.17) is 17.3 Å². The molecule has 0 bridgehead atoms. The van der Waals surface area contributed by atoms with Crippen LogP contribution in [0.4, 0.5) is 5.82 Å². The third kappa shape index (κ3) is 5.28. The van der Waals surface area contributed by atoms with Gasteiger partial charge < -0.3 is 11.1 Å². The number of halogens is 3. The van der Waals surface area contributed by atoms with Gasteiger partial charge in [0, 0.05) is 28.6 Å². The minimum atomic E-state index is -0.106. The Balaban J connectivity index is 0.00000242. The van der Waals surface area contributed by atoms with E-state index in [1.165, 1.54) is 0 Å². The van der Waals surface area contributed by atoms with Gasteiger partial charge in [-0.25, -0.2) is 0 Å². The number of benzene rings is 1. The van der Waals surface area contributed by atoms with Crippen molar-refractivity contribution >= 4 is 51.7 Å². The van der Waals surface area contributed by atoms with Crippen molar-refractivity contribution in [1.82, 2.24) is 10.2 Å². The molecule has 1 heterocycles. The highest BCUT2D eigenvalue weighted by molar-refractivity contribution is 9.10. The predicted molar refractivity (Wildman–Crippen MR) is 95.5 cm³/mol. The molecule has 1 aromatic heterocycles. The first kappa shape index (κ1) is 19.0. The average molecular weight is 408 g/mol.